The molecule has 4 aliphatic carbocycles. The van der Waals surface area contributed by atoms with Crippen LogP contribution in [0, 0.1) is 16.7 Å². The third-order valence-electron chi connectivity index (χ3n) is 17.9. The normalized spacial score (nSPS) is 52.8. The van der Waals surface area contributed by atoms with Crippen molar-refractivity contribution in [2.75, 3.05) is 14.2 Å². The molecule has 8 rings (SSSR count). The van der Waals surface area contributed by atoms with Crippen LogP contribution >= 0.6 is 0 Å². The highest BCUT2D eigenvalue weighted by atomic mass is 16.8. The average molecular weight is 971 g/mol. The monoisotopic (exact) mass is 971 g/mol. The van der Waals surface area contributed by atoms with Crippen LogP contribution in [0.25, 0.3) is 0 Å². The van der Waals surface area contributed by atoms with Crippen LogP contribution in [0.4, 0.5) is 0 Å². The Morgan fingerprint density at radius 1 is 0.662 bits per heavy atom. The van der Waals surface area contributed by atoms with Crippen LogP contribution in [0.1, 0.15) is 126 Å². The van der Waals surface area contributed by atoms with Gasteiger partial charge in [0.05, 0.1) is 60.4 Å². The van der Waals surface area contributed by atoms with E-state index in [9.17, 15) is 40.2 Å². The molecule has 0 aromatic carbocycles. The van der Waals surface area contributed by atoms with Gasteiger partial charge in [-0.15, -0.1) is 0 Å². The van der Waals surface area contributed by atoms with Crippen molar-refractivity contribution in [2.45, 2.75) is 253 Å². The molecule has 0 amide bonds. The number of aliphatic hydroxyl groups excluding tert-OH is 3. The summed E-state index contributed by atoms with van der Waals surface area (Å²) in [4.78, 5) is 25.2. The summed E-state index contributed by atoms with van der Waals surface area (Å²) in [7, 11) is 3.12. The number of hydrogen-bond acceptors (Lipinski definition) is 19. The molecule has 388 valence electrons. The predicted octanol–water partition coefficient (Wildman–Crippen LogP) is 2.23. The zero-order valence-electron chi connectivity index (χ0n) is 41.3. The SMILES string of the molecule is COC1CC(OC2C(C)OC(OC3C(C)OC(OC4C(O)CC(OC5CCC6(C)C(=CCC7(O)C6CC(O)C6(C)C(O)(C(C)=O)CCC76O)C5)OC4C)CC3OC(C)=O)CC2OC)OC(C)C1O. The summed E-state index contributed by atoms with van der Waals surface area (Å²) < 4.78 is 67.8. The van der Waals surface area contributed by atoms with Gasteiger partial charge in [-0.1, -0.05) is 25.5 Å². The highest BCUT2D eigenvalue weighted by molar-refractivity contribution is 5.87. The van der Waals surface area contributed by atoms with Gasteiger partial charge in [0.1, 0.15) is 47.3 Å². The number of carbonyl (C=O) groups is 2. The van der Waals surface area contributed by atoms with Gasteiger partial charge in [-0.25, -0.2) is 0 Å². The summed E-state index contributed by atoms with van der Waals surface area (Å²) in [5, 5.41) is 70.1. The highest BCUT2D eigenvalue weighted by Gasteiger charge is 2.80. The zero-order chi connectivity index (χ0) is 49.5. The molecule has 8 aliphatic rings. The van der Waals surface area contributed by atoms with Crippen LogP contribution in [-0.2, 0) is 61.7 Å². The van der Waals surface area contributed by atoms with Gasteiger partial charge in [-0.3, -0.25) is 9.59 Å². The van der Waals surface area contributed by atoms with Gasteiger partial charge in [0.2, 0.25) is 0 Å². The van der Waals surface area contributed by atoms with E-state index in [4.69, 9.17) is 52.1 Å². The van der Waals surface area contributed by atoms with Crippen LogP contribution < -0.4 is 0 Å². The van der Waals surface area contributed by atoms with Crippen molar-refractivity contribution in [2.24, 2.45) is 16.7 Å². The van der Waals surface area contributed by atoms with Crippen molar-refractivity contribution in [1.82, 2.24) is 0 Å². The van der Waals surface area contributed by atoms with Crippen molar-refractivity contribution in [3.05, 3.63) is 11.6 Å². The van der Waals surface area contributed by atoms with Crippen molar-refractivity contribution < 1.29 is 92.3 Å². The molecule has 0 spiro atoms. The Labute approximate surface area is 399 Å². The van der Waals surface area contributed by atoms with E-state index in [1.807, 2.05) is 13.0 Å². The van der Waals surface area contributed by atoms with E-state index in [2.05, 4.69) is 6.92 Å². The molecule has 4 saturated heterocycles. The quantitative estimate of drug-likeness (QED) is 0.121. The molecule has 24 unspecified atom stereocenters. The number of methoxy groups -OCH3 is 2. The lowest BCUT2D eigenvalue weighted by molar-refractivity contribution is -0.346. The molecule has 0 radical (unpaired) electrons. The molecule has 19 heteroatoms. The van der Waals surface area contributed by atoms with Gasteiger partial charge in [0.25, 0.3) is 0 Å². The lowest BCUT2D eigenvalue weighted by atomic mass is 9.42. The van der Waals surface area contributed by atoms with E-state index < -0.39 is 150 Å². The molecule has 19 nitrogen and oxygen atoms in total. The third-order valence-corrected chi connectivity index (χ3v) is 17.9. The minimum atomic E-state index is -1.97. The fourth-order valence-corrected chi connectivity index (χ4v) is 13.8. The van der Waals surface area contributed by atoms with Crippen LogP contribution in [0.5, 0.6) is 0 Å². The number of ketones is 1. The molecule has 0 aromatic rings. The average Bonchev–Trinajstić information content (AvgIpc) is 3.50. The van der Waals surface area contributed by atoms with E-state index in [-0.39, 0.29) is 51.0 Å². The number of carbonyl (C=O) groups excluding carboxylic acids is 2. The second-order valence-corrected chi connectivity index (χ2v) is 21.6. The van der Waals surface area contributed by atoms with Crippen molar-refractivity contribution >= 4 is 11.8 Å². The minimum absolute atomic E-state index is 0.0169. The van der Waals surface area contributed by atoms with E-state index >= 15 is 0 Å². The van der Waals surface area contributed by atoms with Crippen LogP contribution in [0.3, 0.4) is 0 Å². The second kappa shape index (κ2) is 19.6. The van der Waals surface area contributed by atoms with Crippen molar-refractivity contribution in [3.63, 3.8) is 0 Å². The lowest BCUT2D eigenvalue weighted by Crippen LogP contribution is -2.78. The Bertz CT molecular complexity index is 1840. The predicted molar refractivity (Wildman–Crippen MR) is 236 cm³/mol. The summed E-state index contributed by atoms with van der Waals surface area (Å²) >= 11 is 0. The molecule has 0 bridgehead atoms. The largest absolute Gasteiger partial charge is 0.459 e. The molecule has 3 saturated carbocycles. The second-order valence-electron chi connectivity index (χ2n) is 21.6. The van der Waals surface area contributed by atoms with Crippen LogP contribution in [0.15, 0.2) is 11.6 Å². The number of aliphatic hydroxyl groups is 6. The standard InChI is InChI=1S/C49H78O19/c1-23-41(54)32(58-9)19-38(60-23)67-43-25(3)62-39(20-33(43)59-10)68-44-26(4)63-40(21-34(44)64-28(6)51)66-42-24(2)61-37(18-31(42)52)65-30-12-13-45(7)29(17-30)11-14-48(56)35(45)22-36(53)46(8)47(55,27(5)50)15-16-49(46,48)57/h11,23-26,30-44,52-57H,12-22H2,1-10H3. The molecular weight excluding hydrogens is 893 g/mol. The Balaban J connectivity index is 0.854. The van der Waals surface area contributed by atoms with Crippen molar-refractivity contribution in [1.29, 1.82) is 0 Å². The maximum absolute atomic E-state index is 12.8. The highest BCUT2D eigenvalue weighted by Crippen LogP contribution is 2.70. The summed E-state index contributed by atoms with van der Waals surface area (Å²) in [5.41, 5.74) is -6.74. The fourth-order valence-electron chi connectivity index (χ4n) is 13.8. The molecule has 4 heterocycles. The Kier molecular flexibility index (Phi) is 15.1. The Morgan fingerprint density at radius 3 is 1.76 bits per heavy atom. The zero-order valence-corrected chi connectivity index (χ0v) is 41.3. The van der Waals surface area contributed by atoms with E-state index in [1.165, 1.54) is 20.8 Å². The van der Waals surface area contributed by atoms with Gasteiger partial charge in [0, 0.05) is 52.7 Å². The van der Waals surface area contributed by atoms with Gasteiger partial charge < -0.3 is 82.7 Å². The lowest BCUT2D eigenvalue weighted by Gasteiger charge is -2.66. The van der Waals surface area contributed by atoms with Crippen molar-refractivity contribution in [3.8, 4) is 0 Å². The molecule has 24 atom stereocenters. The van der Waals surface area contributed by atoms with E-state index in [1.54, 1.807) is 35.0 Å². The molecule has 6 N–H and O–H groups in total. The number of Topliss-reactive ketones (excluding diaryl/α,β-unsaturated/α-hetero) is 1. The fraction of sp³-hybridized carbons (Fsp3) is 0.918. The summed E-state index contributed by atoms with van der Waals surface area (Å²) in [6.45, 7) is 13.4. The summed E-state index contributed by atoms with van der Waals surface area (Å²) in [6, 6.07) is 0. The van der Waals surface area contributed by atoms with Gasteiger partial charge in [-0.05, 0) is 85.0 Å². The molecular formula is C49H78O19. The maximum Gasteiger partial charge on any atom is 0.302 e. The van der Waals surface area contributed by atoms with E-state index in [0.29, 0.717) is 25.7 Å². The maximum atomic E-state index is 12.8. The number of hydrogen-bond donors (Lipinski definition) is 6. The first kappa shape index (κ1) is 52.6. The first-order valence-electron chi connectivity index (χ1n) is 24.8. The minimum Gasteiger partial charge on any atom is -0.459 e. The van der Waals surface area contributed by atoms with Crippen LogP contribution in [0.2, 0.25) is 0 Å². The Hall–Kier alpha value is -1.76. The first-order valence-corrected chi connectivity index (χ1v) is 24.8. The molecule has 7 fully saturated rings. The van der Waals surface area contributed by atoms with Gasteiger partial charge in [0.15, 0.2) is 30.9 Å². The molecule has 0 aromatic heterocycles. The van der Waals surface area contributed by atoms with Crippen LogP contribution in [-0.4, -0.2) is 184 Å². The number of esters is 1. The van der Waals surface area contributed by atoms with Gasteiger partial charge in [-0.2, -0.15) is 0 Å². The molecule has 4 aliphatic heterocycles. The first-order chi connectivity index (χ1) is 31.9. The number of ether oxygens (including phenoxy) is 11. The summed E-state index contributed by atoms with van der Waals surface area (Å²) in [6.07, 6.45) is -7.70. The summed E-state index contributed by atoms with van der Waals surface area (Å²) in [5.74, 6) is -1.58. The number of fused-ring (bicyclic) bond motifs is 5. The molecule has 68 heavy (non-hydrogen) atoms. The van der Waals surface area contributed by atoms with E-state index in [0.717, 1.165) is 5.57 Å². The Morgan fingerprint density at radius 2 is 1.19 bits per heavy atom. The topological polar surface area (TPSA) is 257 Å². The smallest absolute Gasteiger partial charge is 0.302 e. The third kappa shape index (κ3) is 8.86. The number of rotatable bonds is 12. The van der Waals surface area contributed by atoms with Gasteiger partial charge >= 0.3 is 5.97 Å².